The molecule has 3 rings (SSSR count). The fraction of sp³-hybridized carbons (Fsp3) is 0.500. The first-order valence-corrected chi connectivity index (χ1v) is 6.15. The number of carbonyl (C=O) groups is 1. The molecule has 0 unspecified atom stereocenters. The van der Waals surface area contributed by atoms with Crippen LogP contribution in [0.4, 0.5) is 0 Å². The lowest BCUT2D eigenvalue weighted by Gasteiger charge is -2.28. The lowest BCUT2D eigenvalue weighted by molar-refractivity contribution is -0.121. The molecule has 2 nitrogen and oxygen atoms in total. The van der Waals surface area contributed by atoms with Crippen molar-refractivity contribution in [3.63, 3.8) is 0 Å². The molecule has 1 saturated carbocycles. The summed E-state index contributed by atoms with van der Waals surface area (Å²) < 4.78 is 0. The van der Waals surface area contributed by atoms with Crippen LogP contribution >= 0.6 is 0 Å². The van der Waals surface area contributed by atoms with Crippen molar-refractivity contribution in [3.05, 3.63) is 35.4 Å². The van der Waals surface area contributed by atoms with Gasteiger partial charge < -0.3 is 0 Å². The molecule has 1 aromatic rings. The molecular weight excluding hydrogens is 198 g/mol. The largest absolute Gasteiger partial charge is 0.298 e. The van der Waals surface area contributed by atoms with Crippen LogP contribution < -0.4 is 0 Å². The molecule has 0 aromatic heterocycles. The Bertz CT molecular complexity index is 409. The molecule has 2 aliphatic rings. The van der Waals surface area contributed by atoms with Crippen molar-refractivity contribution in [1.82, 2.24) is 4.90 Å². The molecule has 0 radical (unpaired) electrons. The Hall–Kier alpha value is -1.15. The van der Waals surface area contributed by atoms with Crippen molar-refractivity contribution in [2.75, 3.05) is 13.1 Å². The Morgan fingerprint density at radius 2 is 2.00 bits per heavy atom. The van der Waals surface area contributed by atoms with Gasteiger partial charge in [0.05, 0.1) is 6.54 Å². The summed E-state index contributed by atoms with van der Waals surface area (Å²) in [4.78, 5) is 14.0. The van der Waals surface area contributed by atoms with Crippen molar-refractivity contribution in [2.24, 2.45) is 5.92 Å². The molecular formula is C14H17NO. The number of rotatable bonds is 3. The lowest BCUT2D eigenvalue weighted by Crippen LogP contribution is -2.35. The predicted octanol–water partition coefficient (Wildman–Crippen LogP) is 2.02. The number of benzene rings is 1. The third-order valence-electron chi connectivity index (χ3n) is 3.62. The van der Waals surface area contributed by atoms with E-state index in [1.54, 1.807) is 0 Å². The summed E-state index contributed by atoms with van der Waals surface area (Å²) in [6.45, 7) is 2.66. The molecule has 0 amide bonds. The van der Waals surface area contributed by atoms with Crippen LogP contribution in [0, 0.1) is 5.92 Å². The first-order valence-electron chi connectivity index (χ1n) is 6.15. The van der Waals surface area contributed by atoms with Crippen molar-refractivity contribution >= 4 is 5.78 Å². The third kappa shape index (κ3) is 2.03. The van der Waals surface area contributed by atoms with Crippen LogP contribution in [-0.2, 0) is 17.8 Å². The SMILES string of the molecule is O=C(CN1CCc2ccccc2C1)C1CC1. The van der Waals surface area contributed by atoms with Gasteiger partial charge in [0.15, 0.2) is 0 Å². The molecule has 84 valence electrons. The van der Waals surface area contributed by atoms with Crippen LogP contribution in [0.5, 0.6) is 0 Å². The summed E-state index contributed by atoms with van der Waals surface area (Å²) in [6.07, 6.45) is 3.35. The van der Waals surface area contributed by atoms with E-state index in [1.165, 1.54) is 11.1 Å². The maximum Gasteiger partial charge on any atom is 0.149 e. The first kappa shape index (κ1) is 10.0. The Morgan fingerprint density at radius 1 is 1.25 bits per heavy atom. The second-order valence-electron chi connectivity index (χ2n) is 4.97. The summed E-state index contributed by atoms with van der Waals surface area (Å²) in [5.74, 6) is 0.858. The Labute approximate surface area is 96.3 Å². The van der Waals surface area contributed by atoms with Crippen molar-refractivity contribution in [1.29, 1.82) is 0 Å². The van der Waals surface area contributed by atoms with Crippen molar-refractivity contribution < 1.29 is 4.79 Å². The number of Topliss-reactive ketones (excluding diaryl/α,β-unsaturated/α-hetero) is 1. The molecule has 0 saturated heterocycles. The van der Waals surface area contributed by atoms with E-state index in [0.717, 1.165) is 32.4 Å². The number of ketones is 1. The smallest absolute Gasteiger partial charge is 0.149 e. The highest BCUT2D eigenvalue weighted by Gasteiger charge is 2.30. The highest BCUT2D eigenvalue weighted by Crippen LogP contribution is 2.30. The first-order chi connectivity index (χ1) is 7.83. The molecule has 1 aromatic carbocycles. The Morgan fingerprint density at radius 3 is 2.75 bits per heavy atom. The van der Waals surface area contributed by atoms with E-state index in [1.807, 2.05) is 0 Å². The van der Waals surface area contributed by atoms with Gasteiger partial charge in [-0.1, -0.05) is 24.3 Å². The van der Waals surface area contributed by atoms with Crippen LogP contribution in [0.3, 0.4) is 0 Å². The monoisotopic (exact) mass is 215 g/mol. The molecule has 1 heterocycles. The quantitative estimate of drug-likeness (QED) is 0.769. The fourth-order valence-corrected chi connectivity index (χ4v) is 2.44. The summed E-state index contributed by atoms with van der Waals surface area (Å²) in [7, 11) is 0. The van der Waals surface area contributed by atoms with Gasteiger partial charge in [0.1, 0.15) is 5.78 Å². The molecule has 16 heavy (non-hydrogen) atoms. The number of nitrogens with zero attached hydrogens (tertiary/aromatic N) is 1. The average molecular weight is 215 g/mol. The molecule has 0 atom stereocenters. The molecule has 1 fully saturated rings. The standard InChI is InChI=1S/C14H17NO/c16-14(12-5-6-12)10-15-8-7-11-3-1-2-4-13(11)9-15/h1-4,12H,5-10H2. The average Bonchev–Trinajstić information content (AvgIpc) is 3.12. The van der Waals surface area contributed by atoms with E-state index in [0.29, 0.717) is 18.2 Å². The molecule has 1 aliphatic carbocycles. The minimum Gasteiger partial charge on any atom is -0.298 e. The van der Waals surface area contributed by atoms with Gasteiger partial charge >= 0.3 is 0 Å². The maximum absolute atomic E-state index is 11.7. The van der Waals surface area contributed by atoms with E-state index in [4.69, 9.17) is 0 Å². The van der Waals surface area contributed by atoms with Crippen LogP contribution in [0.25, 0.3) is 0 Å². The molecule has 0 bridgehead atoms. The minimum absolute atomic E-state index is 0.400. The van der Waals surface area contributed by atoms with E-state index < -0.39 is 0 Å². The van der Waals surface area contributed by atoms with Crippen LogP contribution in [-0.4, -0.2) is 23.8 Å². The van der Waals surface area contributed by atoms with E-state index >= 15 is 0 Å². The second kappa shape index (κ2) is 4.02. The zero-order valence-electron chi connectivity index (χ0n) is 9.48. The number of fused-ring (bicyclic) bond motifs is 1. The predicted molar refractivity (Wildman–Crippen MR) is 63.2 cm³/mol. The molecule has 2 heteroatoms. The summed E-state index contributed by atoms with van der Waals surface area (Å²) in [5.41, 5.74) is 2.86. The van der Waals surface area contributed by atoms with Gasteiger partial charge in [0.25, 0.3) is 0 Å². The number of hydrogen-bond donors (Lipinski definition) is 0. The van der Waals surface area contributed by atoms with Gasteiger partial charge in [0, 0.05) is 19.0 Å². The Balaban J connectivity index is 1.65. The minimum atomic E-state index is 0.400. The lowest BCUT2D eigenvalue weighted by atomic mass is 9.99. The van der Waals surface area contributed by atoms with Crippen LogP contribution in [0.2, 0.25) is 0 Å². The second-order valence-corrected chi connectivity index (χ2v) is 4.97. The van der Waals surface area contributed by atoms with Gasteiger partial charge in [-0.2, -0.15) is 0 Å². The highest BCUT2D eigenvalue weighted by molar-refractivity contribution is 5.85. The zero-order chi connectivity index (χ0) is 11.0. The molecule has 0 spiro atoms. The summed E-state index contributed by atoms with van der Waals surface area (Å²) in [6, 6.07) is 8.58. The fourth-order valence-electron chi connectivity index (χ4n) is 2.44. The Kier molecular flexibility index (Phi) is 2.52. The molecule has 1 aliphatic heterocycles. The molecule has 0 N–H and O–H groups in total. The van der Waals surface area contributed by atoms with Gasteiger partial charge in [0.2, 0.25) is 0 Å². The highest BCUT2D eigenvalue weighted by atomic mass is 16.1. The zero-order valence-corrected chi connectivity index (χ0v) is 9.48. The van der Waals surface area contributed by atoms with Crippen LogP contribution in [0.15, 0.2) is 24.3 Å². The van der Waals surface area contributed by atoms with Crippen molar-refractivity contribution in [2.45, 2.75) is 25.8 Å². The van der Waals surface area contributed by atoms with E-state index in [9.17, 15) is 4.79 Å². The van der Waals surface area contributed by atoms with E-state index in [2.05, 4.69) is 29.2 Å². The maximum atomic E-state index is 11.7. The van der Waals surface area contributed by atoms with Crippen LogP contribution in [0.1, 0.15) is 24.0 Å². The van der Waals surface area contributed by atoms with Gasteiger partial charge in [-0.05, 0) is 30.4 Å². The van der Waals surface area contributed by atoms with Gasteiger partial charge in [-0.3, -0.25) is 9.69 Å². The summed E-state index contributed by atoms with van der Waals surface area (Å²) >= 11 is 0. The summed E-state index contributed by atoms with van der Waals surface area (Å²) in [5, 5.41) is 0. The topological polar surface area (TPSA) is 20.3 Å². The van der Waals surface area contributed by atoms with Crippen molar-refractivity contribution in [3.8, 4) is 0 Å². The van der Waals surface area contributed by atoms with Gasteiger partial charge in [-0.15, -0.1) is 0 Å². The normalized spacial score (nSPS) is 20.5. The number of hydrogen-bond acceptors (Lipinski definition) is 2. The number of carbonyl (C=O) groups excluding carboxylic acids is 1. The van der Waals surface area contributed by atoms with E-state index in [-0.39, 0.29) is 0 Å². The third-order valence-corrected chi connectivity index (χ3v) is 3.62. The van der Waals surface area contributed by atoms with Gasteiger partial charge in [-0.25, -0.2) is 0 Å².